The highest BCUT2D eigenvalue weighted by atomic mass is 32.2. The van der Waals surface area contributed by atoms with E-state index in [4.69, 9.17) is 0 Å². The molecule has 0 fully saturated rings. The summed E-state index contributed by atoms with van der Waals surface area (Å²) in [4.78, 5) is 18.4. The number of pyridine rings is 1. The molecule has 1 N–H and O–H groups in total. The van der Waals surface area contributed by atoms with E-state index in [9.17, 15) is 31.7 Å². The van der Waals surface area contributed by atoms with E-state index in [1.165, 1.54) is 23.1 Å². The highest BCUT2D eigenvalue weighted by molar-refractivity contribution is 7.83. The summed E-state index contributed by atoms with van der Waals surface area (Å²) in [5.41, 5.74) is 1.87. The first-order valence-corrected chi connectivity index (χ1v) is 11.8. The molecule has 5 nitrogen and oxygen atoms in total. The number of benzene rings is 2. The van der Waals surface area contributed by atoms with E-state index < -0.39 is 40.4 Å². The van der Waals surface area contributed by atoms with Gasteiger partial charge >= 0.3 is 6.18 Å². The maximum absolute atomic E-state index is 13.3. The number of aliphatic hydroxyl groups excluding tert-OH is 1. The van der Waals surface area contributed by atoms with Crippen LogP contribution in [0.4, 0.5) is 23.2 Å². The molecule has 0 spiro atoms. The molecule has 2 aromatic carbocycles. The van der Waals surface area contributed by atoms with Gasteiger partial charge in [0.05, 0.1) is 5.56 Å². The fourth-order valence-corrected chi connectivity index (χ4v) is 5.07. The second-order valence-corrected chi connectivity index (χ2v) is 9.37. The Morgan fingerprint density at radius 3 is 2.41 bits per heavy atom. The molecule has 0 radical (unpaired) electrons. The van der Waals surface area contributed by atoms with E-state index in [2.05, 4.69) is 4.98 Å². The number of nitrogens with zero attached hydrogens (tertiary/aromatic N) is 2. The van der Waals surface area contributed by atoms with Gasteiger partial charge in [-0.2, -0.15) is 13.2 Å². The third-order valence-electron chi connectivity index (χ3n) is 5.56. The molecule has 0 saturated heterocycles. The number of anilines is 1. The normalized spacial score (nSPS) is 16.2. The molecule has 0 saturated carbocycles. The highest BCUT2D eigenvalue weighted by Crippen LogP contribution is 2.30. The van der Waals surface area contributed by atoms with Crippen molar-refractivity contribution in [1.29, 1.82) is 0 Å². The zero-order valence-electron chi connectivity index (χ0n) is 17.8. The average molecular weight is 492 g/mol. The van der Waals surface area contributed by atoms with Gasteiger partial charge in [-0.3, -0.25) is 14.0 Å². The van der Waals surface area contributed by atoms with Crippen LogP contribution in [0.25, 0.3) is 0 Å². The molecule has 34 heavy (non-hydrogen) atoms. The zero-order chi connectivity index (χ0) is 24.5. The van der Waals surface area contributed by atoms with Gasteiger partial charge in [-0.25, -0.2) is 4.39 Å². The highest BCUT2D eigenvalue weighted by Gasteiger charge is 2.31. The number of carbonyl (C=O) groups is 1. The second kappa shape index (κ2) is 9.63. The van der Waals surface area contributed by atoms with Crippen molar-refractivity contribution in [2.45, 2.75) is 30.2 Å². The molecule has 0 aliphatic carbocycles. The largest absolute Gasteiger partial charge is 0.417 e. The van der Waals surface area contributed by atoms with E-state index in [1.54, 1.807) is 18.2 Å². The van der Waals surface area contributed by atoms with Gasteiger partial charge in [0.2, 0.25) is 0 Å². The monoisotopic (exact) mass is 492 g/mol. The van der Waals surface area contributed by atoms with Gasteiger partial charge in [0.15, 0.2) is 6.10 Å². The molecular weight excluding hydrogens is 472 g/mol. The third kappa shape index (κ3) is 5.34. The molecule has 1 aliphatic rings. The summed E-state index contributed by atoms with van der Waals surface area (Å²) >= 11 is 0. The fraction of sp³-hybridized carbons (Fsp3) is 0.250. The van der Waals surface area contributed by atoms with Crippen LogP contribution in [-0.4, -0.2) is 26.8 Å². The van der Waals surface area contributed by atoms with Crippen molar-refractivity contribution in [2.75, 3.05) is 11.4 Å². The lowest BCUT2D eigenvalue weighted by molar-refractivity contribution is -0.137. The number of alkyl halides is 3. The van der Waals surface area contributed by atoms with Crippen LogP contribution in [-0.2, 0) is 39.7 Å². The van der Waals surface area contributed by atoms with Crippen molar-refractivity contribution >= 4 is 22.4 Å². The Morgan fingerprint density at radius 1 is 1.06 bits per heavy atom. The number of hydrogen-bond acceptors (Lipinski definition) is 4. The van der Waals surface area contributed by atoms with Crippen LogP contribution in [0.1, 0.15) is 34.1 Å². The van der Waals surface area contributed by atoms with Gasteiger partial charge in [-0.05, 0) is 53.1 Å². The van der Waals surface area contributed by atoms with Gasteiger partial charge in [-0.15, -0.1) is 0 Å². The number of carbonyl (C=O) groups excluding carboxylic acids is 1. The number of halogens is 4. The zero-order valence-corrected chi connectivity index (χ0v) is 18.6. The molecule has 2 unspecified atom stereocenters. The van der Waals surface area contributed by atoms with Gasteiger partial charge in [0.25, 0.3) is 5.91 Å². The van der Waals surface area contributed by atoms with E-state index in [-0.39, 0.29) is 18.5 Å². The summed E-state index contributed by atoms with van der Waals surface area (Å²) in [6.07, 6.45) is -5.22. The first-order chi connectivity index (χ1) is 16.1. The lowest BCUT2D eigenvalue weighted by atomic mass is 10.1. The maximum Gasteiger partial charge on any atom is 0.417 e. The van der Waals surface area contributed by atoms with Crippen molar-refractivity contribution in [3.8, 4) is 0 Å². The smallest absolute Gasteiger partial charge is 0.378 e. The molecule has 0 bridgehead atoms. The summed E-state index contributed by atoms with van der Waals surface area (Å²) in [7, 11) is -1.03. The quantitative estimate of drug-likeness (QED) is 0.521. The summed E-state index contributed by atoms with van der Waals surface area (Å²) in [5.74, 6) is -0.415. The predicted molar refractivity (Wildman–Crippen MR) is 119 cm³/mol. The SMILES string of the molecule is O=C(C(O)c1ccc(F)cc1)N(CCc1ccc(C(F)(F)F)cn1)c1ccc2c(c1)CS(=O)C2. The summed E-state index contributed by atoms with van der Waals surface area (Å²) < 4.78 is 63.6. The molecular formula is C24H20F4N2O3S. The van der Waals surface area contributed by atoms with Crippen molar-refractivity contribution in [3.63, 3.8) is 0 Å². The summed E-state index contributed by atoms with van der Waals surface area (Å²) in [6.45, 7) is 0.0251. The van der Waals surface area contributed by atoms with Gasteiger partial charge in [-0.1, -0.05) is 18.2 Å². The first kappa shape index (κ1) is 24.0. The van der Waals surface area contributed by atoms with Gasteiger partial charge < -0.3 is 10.0 Å². The number of rotatable bonds is 6. The minimum Gasteiger partial charge on any atom is -0.378 e. The number of aromatic nitrogens is 1. The van der Waals surface area contributed by atoms with Crippen LogP contribution < -0.4 is 4.90 Å². The van der Waals surface area contributed by atoms with Crippen LogP contribution in [0.2, 0.25) is 0 Å². The van der Waals surface area contributed by atoms with E-state index >= 15 is 0 Å². The van der Waals surface area contributed by atoms with E-state index in [0.717, 1.165) is 35.5 Å². The summed E-state index contributed by atoms with van der Waals surface area (Å²) in [6, 6.07) is 12.2. The van der Waals surface area contributed by atoms with E-state index in [1.807, 2.05) is 0 Å². The molecule has 1 amide bonds. The molecule has 178 valence electrons. The minimum absolute atomic E-state index is 0.0251. The Kier molecular flexibility index (Phi) is 6.81. The van der Waals surface area contributed by atoms with Crippen LogP contribution in [0.15, 0.2) is 60.8 Å². The van der Waals surface area contributed by atoms with Crippen molar-refractivity contribution in [2.24, 2.45) is 0 Å². The number of fused-ring (bicyclic) bond motifs is 1. The first-order valence-electron chi connectivity index (χ1n) is 10.4. The Bertz CT molecular complexity index is 1210. The third-order valence-corrected chi connectivity index (χ3v) is 6.83. The molecule has 2 heterocycles. The van der Waals surface area contributed by atoms with Gasteiger partial charge in [0.1, 0.15) is 5.82 Å². The van der Waals surface area contributed by atoms with Crippen LogP contribution in [0.5, 0.6) is 0 Å². The topological polar surface area (TPSA) is 70.5 Å². The molecule has 1 aliphatic heterocycles. The fourth-order valence-electron chi connectivity index (χ4n) is 3.72. The van der Waals surface area contributed by atoms with Crippen molar-refractivity contribution in [1.82, 2.24) is 4.98 Å². The molecule has 1 aromatic heterocycles. The molecule has 10 heteroatoms. The number of amides is 1. The second-order valence-electron chi connectivity index (χ2n) is 7.91. The lowest BCUT2D eigenvalue weighted by Gasteiger charge is -2.26. The maximum atomic E-state index is 13.3. The van der Waals surface area contributed by atoms with Crippen molar-refractivity contribution < 1.29 is 31.7 Å². The van der Waals surface area contributed by atoms with Crippen LogP contribution >= 0.6 is 0 Å². The predicted octanol–water partition coefficient (Wildman–Crippen LogP) is 4.31. The van der Waals surface area contributed by atoms with Gasteiger partial charge in [0, 0.05) is 52.8 Å². The molecule has 4 rings (SSSR count). The summed E-state index contributed by atoms with van der Waals surface area (Å²) in [5, 5.41) is 10.7. The number of hydrogen-bond donors (Lipinski definition) is 1. The molecule has 3 aromatic rings. The Balaban J connectivity index is 1.60. The minimum atomic E-state index is -4.50. The molecule has 2 atom stereocenters. The Morgan fingerprint density at radius 2 is 1.76 bits per heavy atom. The standard InChI is InChI=1S/C24H20F4N2O3S/c25-19-5-1-15(2-6-19)22(31)23(32)30(21-8-3-16-13-34(33)14-17(16)11-21)10-9-20-7-4-18(12-29-20)24(26,27)28/h1-8,11-12,22,31H,9-10,13-14H2. The van der Waals surface area contributed by atoms with Crippen LogP contribution in [0, 0.1) is 5.82 Å². The van der Waals surface area contributed by atoms with Crippen LogP contribution in [0.3, 0.4) is 0 Å². The lowest BCUT2D eigenvalue weighted by Crippen LogP contribution is -2.37. The number of aliphatic hydroxyl groups is 1. The van der Waals surface area contributed by atoms with E-state index in [0.29, 0.717) is 22.9 Å². The Labute approximate surface area is 195 Å². The Hall–Kier alpha value is -3.11. The average Bonchev–Trinajstić information content (AvgIpc) is 3.18. The van der Waals surface area contributed by atoms with Crippen molar-refractivity contribution in [3.05, 3.63) is 94.6 Å².